The lowest BCUT2D eigenvalue weighted by Gasteiger charge is -2.09. The first-order valence-electron chi connectivity index (χ1n) is 14.0. The number of carbonyl (C=O) groups is 1. The van der Waals surface area contributed by atoms with Crippen LogP contribution in [0.2, 0.25) is 0 Å². The van der Waals surface area contributed by atoms with Crippen LogP contribution in [-0.2, 0) is 44.4 Å². The van der Waals surface area contributed by atoms with Crippen molar-refractivity contribution in [2.24, 2.45) is 0 Å². The molecule has 9 heteroatoms. The third-order valence-electron chi connectivity index (χ3n) is 5.55. The molecule has 38 heavy (non-hydrogen) atoms. The number of esters is 1. The highest BCUT2D eigenvalue weighted by molar-refractivity contribution is 5.70. The zero-order valence-electron chi connectivity index (χ0n) is 23.6. The van der Waals surface area contributed by atoms with Crippen LogP contribution in [0.15, 0.2) is 24.3 Å². The lowest BCUT2D eigenvalue weighted by molar-refractivity contribution is -0.146. The number of ether oxygens (including phenoxy) is 8. The third kappa shape index (κ3) is 22.3. The van der Waals surface area contributed by atoms with Crippen molar-refractivity contribution in [1.82, 2.24) is 0 Å². The molecule has 1 rings (SSSR count). The van der Waals surface area contributed by atoms with Gasteiger partial charge in [0.1, 0.15) is 19.0 Å². The Kier molecular flexibility index (Phi) is 24.2. The molecule has 0 saturated heterocycles. The highest BCUT2D eigenvalue weighted by atomic mass is 16.6. The summed E-state index contributed by atoms with van der Waals surface area (Å²) in [5, 5.41) is 0. The summed E-state index contributed by atoms with van der Waals surface area (Å²) < 4.78 is 42.5. The van der Waals surface area contributed by atoms with Gasteiger partial charge in [0.25, 0.3) is 0 Å². The monoisotopic (exact) mass is 542 g/mol. The molecule has 0 radical (unpaired) electrons. The zero-order chi connectivity index (χ0) is 27.4. The van der Waals surface area contributed by atoms with Gasteiger partial charge in [0.2, 0.25) is 0 Å². The highest BCUT2D eigenvalue weighted by Gasteiger charge is 2.00. The molecule has 0 aliphatic carbocycles. The summed E-state index contributed by atoms with van der Waals surface area (Å²) in [5.74, 6) is 0.482. The van der Waals surface area contributed by atoms with E-state index in [1.165, 1.54) is 51.2 Å². The number of benzene rings is 1. The fourth-order valence-electron chi connectivity index (χ4n) is 3.39. The summed E-state index contributed by atoms with van der Waals surface area (Å²) >= 11 is 0. The maximum absolute atomic E-state index is 10.8. The van der Waals surface area contributed by atoms with E-state index in [4.69, 9.17) is 33.2 Å². The summed E-state index contributed by atoms with van der Waals surface area (Å²) in [7, 11) is 1.32. The number of carbonyl (C=O) groups excluding carboxylic acids is 1. The SMILES string of the molecule is CCCCCCCCc1ccc(OCCOCCOCCOCCOCCOCCOCC(=O)OC)cc1. The van der Waals surface area contributed by atoms with E-state index in [0.29, 0.717) is 79.3 Å². The number of hydrogen-bond acceptors (Lipinski definition) is 9. The molecule has 220 valence electrons. The summed E-state index contributed by atoms with van der Waals surface area (Å²) in [5.41, 5.74) is 1.38. The minimum atomic E-state index is -0.400. The van der Waals surface area contributed by atoms with Crippen molar-refractivity contribution in [3.8, 4) is 5.75 Å². The molecule has 0 heterocycles. The summed E-state index contributed by atoms with van der Waals surface area (Å²) in [6, 6.07) is 8.41. The number of rotatable bonds is 28. The lowest BCUT2D eigenvalue weighted by Crippen LogP contribution is -2.16. The van der Waals surface area contributed by atoms with Crippen molar-refractivity contribution in [1.29, 1.82) is 0 Å². The number of aryl methyl sites for hydroxylation is 1. The average molecular weight is 543 g/mol. The van der Waals surface area contributed by atoms with Gasteiger partial charge < -0.3 is 37.9 Å². The van der Waals surface area contributed by atoms with Gasteiger partial charge in [-0.25, -0.2) is 4.79 Å². The molecular formula is C29H50O9. The first kappa shape index (κ1) is 34.3. The van der Waals surface area contributed by atoms with E-state index in [9.17, 15) is 4.79 Å². The van der Waals surface area contributed by atoms with Gasteiger partial charge in [-0.2, -0.15) is 0 Å². The molecule has 0 aromatic heterocycles. The molecule has 0 fully saturated rings. The largest absolute Gasteiger partial charge is 0.491 e. The van der Waals surface area contributed by atoms with Crippen molar-refractivity contribution in [2.75, 3.05) is 93.0 Å². The first-order chi connectivity index (χ1) is 18.8. The Bertz CT molecular complexity index is 639. The Hall–Kier alpha value is -1.75. The Morgan fingerprint density at radius 2 is 1.03 bits per heavy atom. The van der Waals surface area contributed by atoms with Crippen molar-refractivity contribution in [2.45, 2.75) is 51.9 Å². The quantitative estimate of drug-likeness (QED) is 0.114. The molecule has 0 N–H and O–H groups in total. The van der Waals surface area contributed by atoms with E-state index in [-0.39, 0.29) is 6.61 Å². The first-order valence-corrected chi connectivity index (χ1v) is 14.0. The second-order valence-corrected chi connectivity index (χ2v) is 8.70. The standard InChI is InChI=1S/C29H50O9/c1-3-4-5-6-7-8-9-27-10-12-28(13-11-27)38-25-24-36-21-20-34-17-16-32-14-15-33-18-19-35-22-23-37-26-29(30)31-2/h10-13H,3-9,14-26H2,1-2H3. The van der Waals surface area contributed by atoms with Gasteiger partial charge in [0.05, 0.1) is 79.8 Å². The normalized spacial score (nSPS) is 11.1. The minimum Gasteiger partial charge on any atom is -0.491 e. The highest BCUT2D eigenvalue weighted by Crippen LogP contribution is 2.15. The van der Waals surface area contributed by atoms with Gasteiger partial charge in [-0.05, 0) is 30.5 Å². The average Bonchev–Trinajstić information content (AvgIpc) is 2.94. The van der Waals surface area contributed by atoms with E-state index in [1.807, 2.05) is 12.1 Å². The second kappa shape index (κ2) is 26.8. The third-order valence-corrected chi connectivity index (χ3v) is 5.55. The Balaban J connectivity index is 1.78. The van der Waals surface area contributed by atoms with Crippen molar-refractivity contribution < 1.29 is 42.7 Å². The van der Waals surface area contributed by atoms with Crippen molar-refractivity contribution in [3.63, 3.8) is 0 Å². The molecule has 0 aliphatic rings. The molecule has 1 aromatic carbocycles. The lowest BCUT2D eigenvalue weighted by atomic mass is 10.0. The van der Waals surface area contributed by atoms with Gasteiger partial charge in [0, 0.05) is 0 Å². The Labute approximate surface area is 229 Å². The molecule has 0 atom stereocenters. The number of hydrogen-bond donors (Lipinski definition) is 0. The van der Waals surface area contributed by atoms with Crippen LogP contribution >= 0.6 is 0 Å². The van der Waals surface area contributed by atoms with Gasteiger partial charge in [-0.3, -0.25) is 0 Å². The van der Waals surface area contributed by atoms with Gasteiger partial charge >= 0.3 is 5.97 Å². The van der Waals surface area contributed by atoms with Crippen LogP contribution in [0.1, 0.15) is 51.0 Å². The summed E-state index contributed by atoms with van der Waals surface area (Å²) in [4.78, 5) is 10.8. The van der Waals surface area contributed by atoms with E-state index >= 15 is 0 Å². The fraction of sp³-hybridized carbons (Fsp3) is 0.759. The maximum atomic E-state index is 10.8. The zero-order valence-corrected chi connectivity index (χ0v) is 23.6. The van der Waals surface area contributed by atoms with E-state index in [1.54, 1.807) is 0 Å². The van der Waals surface area contributed by atoms with Crippen LogP contribution in [-0.4, -0.2) is 99.0 Å². The molecule has 0 unspecified atom stereocenters. The number of methoxy groups -OCH3 is 1. The summed E-state index contributed by atoms with van der Waals surface area (Å²) in [6.07, 6.45) is 9.09. The van der Waals surface area contributed by atoms with Crippen LogP contribution in [0.4, 0.5) is 0 Å². The maximum Gasteiger partial charge on any atom is 0.331 e. The molecule has 1 aromatic rings. The van der Waals surface area contributed by atoms with Crippen LogP contribution in [0.5, 0.6) is 5.75 Å². The van der Waals surface area contributed by atoms with E-state index < -0.39 is 5.97 Å². The molecule has 0 bridgehead atoms. The predicted molar refractivity (Wildman–Crippen MR) is 146 cm³/mol. The van der Waals surface area contributed by atoms with E-state index in [0.717, 1.165) is 12.2 Å². The second-order valence-electron chi connectivity index (χ2n) is 8.70. The van der Waals surface area contributed by atoms with Crippen LogP contribution in [0.25, 0.3) is 0 Å². The summed E-state index contributed by atoms with van der Waals surface area (Å²) in [6.45, 7) is 7.98. The van der Waals surface area contributed by atoms with Gasteiger partial charge in [0.15, 0.2) is 0 Å². The van der Waals surface area contributed by atoms with Crippen LogP contribution in [0, 0.1) is 0 Å². The minimum absolute atomic E-state index is 0.0613. The molecular weight excluding hydrogens is 492 g/mol. The smallest absolute Gasteiger partial charge is 0.331 e. The Morgan fingerprint density at radius 1 is 0.579 bits per heavy atom. The van der Waals surface area contributed by atoms with Gasteiger partial charge in [-0.1, -0.05) is 51.2 Å². The van der Waals surface area contributed by atoms with E-state index in [2.05, 4.69) is 23.8 Å². The predicted octanol–water partition coefficient (Wildman–Crippen LogP) is 4.24. The molecule has 0 saturated carbocycles. The molecule has 9 nitrogen and oxygen atoms in total. The molecule has 0 aliphatic heterocycles. The van der Waals surface area contributed by atoms with Crippen LogP contribution < -0.4 is 4.74 Å². The van der Waals surface area contributed by atoms with Crippen LogP contribution in [0.3, 0.4) is 0 Å². The Morgan fingerprint density at radius 3 is 1.53 bits per heavy atom. The topological polar surface area (TPSA) is 90.9 Å². The van der Waals surface area contributed by atoms with Crippen molar-refractivity contribution >= 4 is 5.97 Å². The molecule has 0 spiro atoms. The number of unbranched alkanes of at least 4 members (excludes halogenated alkanes) is 5. The van der Waals surface area contributed by atoms with Crippen molar-refractivity contribution in [3.05, 3.63) is 29.8 Å². The molecule has 0 amide bonds. The fourth-order valence-corrected chi connectivity index (χ4v) is 3.39. The van der Waals surface area contributed by atoms with Gasteiger partial charge in [-0.15, -0.1) is 0 Å².